The van der Waals surface area contributed by atoms with Crippen LogP contribution in [-0.2, 0) is 86.3 Å². The Bertz CT molecular complexity index is 3520. The number of primary amides is 2. The van der Waals surface area contributed by atoms with Gasteiger partial charge in [-0.05, 0) is 177 Å². The van der Waals surface area contributed by atoms with E-state index in [-0.39, 0.29) is 134 Å². The summed E-state index contributed by atoms with van der Waals surface area (Å²) in [5, 5.41) is 54.4. The minimum absolute atomic E-state index is 0.00141. The van der Waals surface area contributed by atoms with E-state index in [4.69, 9.17) is 34.4 Å². The molecule has 0 radical (unpaired) electrons. The Morgan fingerprint density at radius 1 is 0.434 bits per heavy atom. The second-order valence-corrected chi connectivity index (χ2v) is 33.9. The maximum absolute atomic E-state index is 14.9. The summed E-state index contributed by atoms with van der Waals surface area (Å²) < 4.78 is 0. The highest BCUT2D eigenvalue weighted by atomic mass is 32.2. The number of hydrogen-bond donors (Lipinski definition) is 21. The van der Waals surface area contributed by atoms with Crippen LogP contribution >= 0.6 is 23.5 Å². The van der Waals surface area contributed by atoms with Gasteiger partial charge in [0.1, 0.15) is 90.6 Å². The number of nitrogens with two attached hydrogens (primary N) is 6. The third-order valence-electron chi connectivity index (χ3n) is 21.0. The van der Waals surface area contributed by atoms with Gasteiger partial charge in [-0.3, -0.25) is 86.5 Å². The van der Waals surface area contributed by atoms with Gasteiger partial charge < -0.3 is 124 Å². The molecular weight excluding hydrogens is 1630 g/mol. The van der Waals surface area contributed by atoms with Gasteiger partial charge in [-0.25, -0.2) is 4.79 Å². The molecule has 0 aromatic rings. The minimum atomic E-state index is -1.74. The number of likely N-dealkylation sites (tertiary alicyclic amines) is 2. The summed E-state index contributed by atoms with van der Waals surface area (Å²) >= 11 is 2.76. The van der Waals surface area contributed by atoms with Gasteiger partial charge >= 0.3 is 5.97 Å². The molecule has 2 rings (SSSR count). The molecule has 0 saturated carbocycles. The van der Waals surface area contributed by atoms with Crippen molar-refractivity contribution in [3.63, 3.8) is 0 Å². The summed E-state index contributed by atoms with van der Waals surface area (Å²) in [6.45, 7) is 16.7. The van der Waals surface area contributed by atoms with Gasteiger partial charge in [-0.2, -0.15) is 23.5 Å². The van der Waals surface area contributed by atoms with Crippen LogP contribution in [-0.4, -0.2) is 286 Å². The number of aliphatic carboxylic acids is 1. The molecule has 18 atom stereocenters. The van der Waals surface area contributed by atoms with E-state index in [2.05, 4.69) is 74.1 Å². The van der Waals surface area contributed by atoms with E-state index in [1.165, 1.54) is 42.3 Å². The Balaban J connectivity index is 2.49. The van der Waals surface area contributed by atoms with Crippen LogP contribution in [0.1, 0.15) is 198 Å². The lowest BCUT2D eigenvalue weighted by Gasteiger charge is -2.32. The zero-order chi connectivity index (χ0) is 92.2. The van der Waals surface area contributed by atoms with E-state index >= 15 is 0 Å². The smallest absolute Gasteiger partial charge is 0.326 e. The number of thioether (sulfide) groups is 2. The normalized spacial score (nSPS) is 17.7. The van der Waals surface area contributed by atoms with Gasteiger partial charge in [-0.1, -0.05) is 68.2 Å². The Hall–Kier alpha value is -9.69. The molecule has 42 nitrogen and oxygen atoms in total. The highest BCUT2D eigenvalue weighted by molar-refractivity contribution is 7.98. The molecule has 122 heavy (non-hydrogen) atoms. The van der Waals surface area contributed by atoms with Gasteiger partial charge in [0.15, 0.2) is 5.96 Å². The van der Waals surface area contributed by atoms with Crippen molar-refractivity contribution in [1.82, 2.24) is 78.9 Å². The third kappa shape index (κ3) is 38.0. The fraction of sp³-hybridized carbons (Fsp3) is 0.756. The van der Waals surface area contributed by atoms with Crippen LogP contribution < -0.4 is 104 Å². The van der Waals surface area contributed by atoms with Gasteiger partial charge in [0.2, 0.25) is 101 Å². The molecule has 44 heteroatoms. The van der Waals surface area contributed by atoms with Gasteiger partial charge in [0, 0.05) is 19.6 Å². The average Bonchev–Trinajstić information content (AvgIpc) is 1.63. The second kappa shape index (κ2) is 56.9. The lowest BCUT2D eigenvalue weighted by atomic mass is 9.96. The number of carboxylic acids is 1. The molecule has 0 bridgehead atoms. The van der Waals surface area contributed by atoms with Crippen LogP contribution in [0.4, 0.5) is 0 Å². The zero-order valence-corrected chi connectivity index (χ0v) is 74.2. The first-order valence-corrected chi connectivity index (χ1v) is 44.7. The van der Waals surface area contributed by atoms with Crippen LogP contribution in [0.15, 0.2) is 4.99 Å². The molecule has 2 aliphatic heterocycles. The van der Waals surface area contributed by atoms with Crippen molar-refractivity contribution in [3.8, 4) is 0 Å². The average molecular weight is 1770 g/mol. The number of amides is 17. The van der Waals surface area contributed by atoms with E-state index in [0.29, 0.717) is 50.0 Å². The molecule has 0 unspecified atom stereocenters. The Labute approximate surface area is 722 Å². The SMILES string of the molecule is CC[C@H](C)[C@H](NC(=O)[C@H](CC(C)C)NC(=O)[C@H](CCCCN)NC(=O)[C@H](CCSC)NC(=O)[C@H](CC(C)C)NC(=O)[C@@H]1CCCN1C(=O)[C@H](CC(N)=O)NC(=O)[C@@H](NC(=O)[C@H](CCCCN)NC(=O)[C@H](CCCN=C(N)N)NC(=O)[C@H](C)NC(=O)[C@@H]1CCCN1C(=O)[C@@H](NC(=O)[C@H](CCSC)NC=O)[C@@H](C)O)[C@@H](C)CC)C(=O)N[C@@H](CC(N)=O)C(=O)O. The number of carbonyl (C=O) groups excluding carboxylic acids is 17. The topological polar surface area (TPSA) is 679 Å². The van der Waals surface area contributed by atoms with Gasteiger partial charge in [-0.15, -0.1) is 0 Å². The Morgan fingerprint density at radius 3 is 1.21 bits per heavy atom. The maximum atomic E-state index is 14.9. The first kappa shape index (κ1) is 108. The quantitative estimate of drug-likeness (QED) is 0.0118. The number of aliphatic hydroxyl groups excluding tert-OH is 1. The van der Waals surface area contributed by atoms with Crippen LogP contribution in [0.2, 0.25) is 0 Å². The molecule has 0 aliphatic carbocycles. The molecule has 0 aromatic carbocycles. The highest BCUT2D eigenvalue weighted by Gasteiger charge is 2.45. The van der Waals surface area contributed by atoms with E-state index < -0.39 is 222 Å². The van der Waals surface area contributed by atoms with E-state index in [9.17, 15) is 96.5 Å². The summed E-state index contributed by atoms with van der Waals surface area (Å²) in [5.74, 6) is -16.7. The standard InChI is InChI=1S/C78H138N22O20S2/c1-13-43(7)60(96-68(110)49(23-16-18-30-80)90-65(107)50(24-19-31-85-78(83)84)88-63(105)45(9)87-71(113)56-25-21-33-100(56)76(118)62(46(10)102)98-64(106)47(86-40-101)27-34-121-11)73(115)94-54(38-58(81)103)75(117)99-32-20-26-57(99)72(114)93-52(36-41(3)4)69(111)91-51(28-35-122-12)67(109)89-48(22-15-17-29-79)66(108)92-53(37-42(5)6)70(112)97-61(44(8)14-2)74(116)95-55(77(119)120)39-59(82)104/h40-57,60-62,102H,13-39,79-80H2,1-12H3,(H2,81,103)(H2,82,104)(H,86,101)(H,87,113)(H,88,105)(H,89,109)(H,90,107)(H,91,111)(H,92,108)(H,93,114)(H,94,115)(H,95,116)(H,96,110)(H,97,112)(H,98,106)(H,119,120)(H4,83,84,85)/t43-,44-,45-,46+,47-,48-,49-,50-,51-,52-,53-,54-,55-,56-,57-,60-,61-,62-/m0/s1. The van der Waals surface area contributed by atoms with E-state index in [1.54, 1.807) is 67.9 Å². The predicted molar refractivity (Wildman–Crippen MR) is 458 cm³/mol. The van der Waals surface area contributed by atoms with Crippen molar-refractivity contribution >= 4 is 136 Å². The zero-order valence-electron chi connectivity index (χ0n) is 72.6. The lowest BCUT2D eigenvalue weighted by Crippen LogP contribution is -2.61. The number of nitrogens with zero attached hydrogens (tertiary/aromatic N) is 3. The molecule has 0 aromatic heterocycles. The number of rotatable bonds is 60. The number of aliphatic hydroxyl groups is 1. The van der Waals surface area contributed by atoms with E-state index in [0.717, 1.165) is 4.90 Å². The molecular formula is C78H138N22O20S2. The molecule has 27 N–H and O–H groups in total. The molecule has 2 fully saturated rings. The van der Waals surface area contributed by atoms with Crippen molar-refractivity contribution in [1.29, 1.82) is 0 Å². The van der Waals surface area contributed by atoms with Crippen LogP contribution in [0.5, 0.6) is 0 Å². The second-order valence-electron chi connectivity index (χ2n) is 31.9. The number of hydrogen-bond acceptors (Lipinski definition) is 24. The summed E-state index contributed by atoms with van der Waals surface area (Å²) in [6.07, 6.45) is 3.74. The van der Waals surface area contributed by atoms with Crippen LogP contribution in [0.25, 0.3) is 0 Å². The molecule has 0 spiro atoms. The van der Waals surface area contributed by atoms with Crippen LogP contribution in [0.3, 0.4) is 0 Å². The van der Waals surface area contributed by atoms with Crippen molar-refractivity contribution in [2.75, 3.05) is 56.7 Å². The van der Waals surface area contributed by atoms with Crippen molar-refractivity contribution in [2.24, 2.45) is 63.1 Å². The lowest BCUT2D eigenvalue weighted by molar-refractivity contribution is -0.144. The Kier molecular flexibility index (Phi) is 50.5. The van der Waals surface area contributed by atoms with Crippen molar-refractivity contribution in [2.45, 2.75) is 294 Å². The number of nitrogens with one attached hydrogen (secondary N) is 13. The number of unbranched alkanes of at least 4 members (excludes halogenated alkanes) is 2. The first-order chi connectivity index (χ1) is 57.6. The molecule has 692 valence electrons. The maximum Gasteiger partial charge on any atom is 0.326 e. The highest BCUT2D eigenvalue weighted by Crippen LogP contribution is 2.24. The molecule has 2 aliphatic rings. The molecule has 17 amide bonds. The Morgan fingerprint density at radius 2 is 0.795 bits per heavy atom. The number of aliphatic imine (C=N–C) groups is 1. The first-order valence-electron chi connectivity index (χ1n) is 41.9. The van der Waals surface area contributed by atoms with Gasteiger partial charge in [0.25, 0.3) is 0 Å². The summed E-state index contributed by atoms with van der Waals surface area (Å²) in [4.78, 5) is 254. The van der Waals surface area contributed by atoms with Gasteiger partial charge in [0.05, 0.1) is 18.9 Å². The molecule has 2 saturated heterocycles. The number of guanidine groups is 1. The predicted octanol–water partition coefficient (Wildman–Crippen LogP) is -4.86. The summed E-state index contributed by atoms with van der Waals surface area (Å²) in [5.41, 5.74) is 33.8. The van der Waals surface area contributed by atoms with E-state index in [1.807, 2.05) is 0 Å². The third-order valence-corrected chi connectivity index (χ3v) is 22.2. The summed E-state index contributed by atoms with van der Waals surface area (Å²) in [6, 6.07) is -20.8. The number of carboxylic acid groups (broad SMARTS) is 1. The largest absolute Gasteiger partial charge is 0.480 e. The van der Waals surface area contributed by atoms with Crippen LogP contribution in [0, 0.1) is 23.7 Å². The fourth-order valence-electron chi connectivity index (χ4n) is 13.7. The van der Waals surface area contributed by atoms with Crippen molar-refractivity contribution < 1.29 is 96.5 Å². The number of carbonyl (C=O) groups is 18. The fourth-order valence-corrected chi connectivity index (χ4v) is 14.7. The van der Waals surface area contributed by atoms with Crippen molar-refractivity contribution in [3.05, 3.63) is 0 Å². The monoisotopic (exact) mass is 1770 g/mol. The molecule has 2 heterocycles. The minimum Gasteiger partial charge on any atom is -0.480 e. The summed E-state index contributed by atoms with van der Waals surface area (Å²) in [7, 11) is 0.